The molecule has 3 aromatic rings. The average Bonchev–Trinajstić information content (AvgIpc) is 2.78. The summed E-state index contributed by atoms with van der Waals surface area (Å²) in [5, 5.41) is 9.11. The summed E-state index contributed by atoms with van der Waals surface area (Å²) >= 11 is 0. The Hall–Kier alpha value is -3.48. The number of urea groups is 1. The molecule has 0 saturated heterocycles. The van der Waals surface area contributed by atoms with E-state index in [1.807, 2.05) is 37.4 Å². The van der Waals surface area contributed by atoms with Crippen molar-refractivity contribution in [3.63, 3.8) is 0 Å². The van der Waals surface area contributed by atoms with Gasteiger partial charge < -0.3 is 16.0 Å². The minimum absolute atomic E-state index is 0.109. The quantitative estimate of drug-likeness (QED) is 0.501. The van der Waals surface area contributed by atoms with Gasteiger partial charge in [0.05, 0.1) is 24.1 Å². The molecule has 2 amide bonds. The highest BCUT2D eigenvalue weighted by Crippen LogP contribution is 2.26. The molecule has 0 radical (unpaired) electrons. The van der Waals surface area contributed by atoms with Gasteiger partial charge in [0.1, 0.15) is 5.82 Å². The van der Waals surface area contributed by atoms with Crippen molar-refractivity contribution in [3.05, 3.63) is 66.2 Å². The second kappa shape index (κ2) is 10.3. The molecule has 1 unspecified atom stereocenters. The van der Waals surface area contributed by atoms with Gasteiger partial charge in [-0.3, -0.25) is 9.97 Å². The van der Waals surface area contributed by atoms with Gasteiger partial charge in [-0.05, 0) is 49.1 Å². The standard InChI is InChI=1S/C23H28N6O/c1-4-16-12-17(9-10-20(16)29-23(30)26-6-3)21-14-25-15-22(28-21)27-19(5-2)18-8-7-11-24-13-18/h7-15,19H,4-6H2,1-3H3,(H,27,28)(H2,26,29,30). The Bertz CT molecular complexity index is 976. The number of aromatic nitrogens is 3. The topological polar surface area (TPSA) is 91.8 Å². The maximum absolute atomic E-state index is 11.9. The van der Waals surface area contributed by atoms with Crippen LogP contribution in [0.25, 0.3) is 11.3 Å². The first-order chi connectivity index (χ1) is 14.6. The van der Waals surface area contributed by atoms with Crippen LogP contribution in [0.2, 0.25) is 0 Å². The molecule has 30 heavy (non-hydrogen) atoms. The van der Waals surface area contributed by atoms with Crippen LogP contribution in [0.5, 0.6) is 0 Å². The van der Waals surface area contributed by atoms with E-state index in [-0.39, 0.29) is 12.1 Å². The zero-order valence-corrected chi connectivity index (χ0v) is 17.6. The number of amides is 2. The van der Waals surface area contributed by atoms with Crippen molar-refractivity contribution >= 4 is 17.5 Å². The van der Waals surface area contributed by atoms with E-state index in [1.165, 1.54) is 0 Å². The summed E-state index contributed by atoms with van der Waals surface area (Å²) in [7, 11) is 0. The minimum atomic E-state index is -0.202. The van der Waals surface area contributed by atoms with Crippen LogP contribution in [0.4, 0.5) is 16.3 Å². The van der Waals surface area contributed by atoms with Crippen LogP contribution >= 0.6 is 0 Å². The normalized spacial score (nSPS) is 11.6. The van der Waals surface area contributed by atoms with Crippen LogP contribution in [0.1, 0.15) is 44.4 Å². The Morgan fingerprint density at radius 1 is 1.07 bits per heavy atom. The molecule has 3 N–H and O–H groups in total. The van der Waals surface area contributed by atoms with E-state index in [4.69, 9.17) is 4.98 Å². The Kier molecular flexibility index (Phi) is 7.32. The third-order valence-electron chi connectivity index (χ3n) is 4.82. The van der Waals surface area contributed by atoms with Gasteiger partial charge in [0.25, 0.3) is 0 Å². The molecule has 0 saturated carbocycles. The Balaban J connectivity index is 1.82. The largest absolute Gasteiger partial charge is 0.362 e. The Morgan fingerprint density at radius 3 is 2.63 bits per heavy atom. The highest BCUT2D eigenvalue weighted by molar-refractivity contribution is 5.90. The van der Waals surface area contributed by atoms with Gasteiger partial charge in [0.15, 0.2) is 0 Å². The molecule has 1 aromatic carbocycles. The number of hydrogen-bond donors (Lipinski definition) is 3. The summed E-state index contributed by atoms with van der Waals surface area (Å²) in [6.45, 7) is 6.65. The molecule has 1 atom stereocenters. The average molecular weight is 405 g/mol. The van der Waals surface area contributed by atoms with Gasteiger partial charge in [-0.1, -0.05) is 26.0 Å². The molecule has 0 fully saturated rings. The van der Waals surface area contributed by atoms with E-state index in [1.54, 1.807) is 18.6 Å². The van der Waals surface area contributed by atoms with Gasteiger partial charge in [0, 0.05) is 30.2 Å². The lowest BCUT2D eigenvalue weighted by atomic mass is 10.0. The van der Waals surface area contributed by atoms with Crippen LogP contribution in [-0.4, -0.2) is 27.5 Å². The highest BCUT2D eigenvalue weighted by atomic mass is 16.2. The number of hydrogen-bond acceptors (Lipinski definition) is 5. The van der Waals surface area contributed by atoms with Gasteiger partial charge in [0.2, 0.25) is 0 Å². The lowest BCUT2D eigenvalue weighted by Crippen LogP contribution is -2.28. The molecule has 2 aromatic heterocycles. The molecular weight excluding hydrogens is 376 g/mol. The maximum Gasteiger partial charge on any atom is 0.319 e. The summed E-state index contributed by atoms with van der Waals surface area (Å²) in [4.78, 5) is 25.2. The number of aryl methyl sites for hydroxylation is 1. The zero-order chi connectivity index (χ0) is 21.3. The molecule has 7 nitrogen and oxygen atoms in total. The van der Waals surface area contributed by atoms with Gasteiger partial charge in [-0.25, -0.2) is 9.78 Å². The first kappa shape index (κ1) is 21.2. The number of nitrogens with one attached hydrogen (secondary N) is 3. The van der Waals surface area contributed by atoms with Crippen molar-refractivity contribution in [1.29, 1.82) is 0 Å². The van der Waals surface area contributed by atoms with E-state index >= 15 is 0 Å². The number of nitrogens with zero attached hydrogens (tertiary/aromatic N) is 3. The maximum atomic E-state index is 11.9. The third-order valence-corrected chi connectivity index (χ3v) is 4.82. The Labute approximate surface area is 177 Å². The molecule has 0 spiro atoms. The van der Waals surface area contributed by atoms with E-state index in [0.717, 1.165) is 40.9 Å². The monoisotopic (exact) mass is 404 g/mol. The number of carbonyl (C=O) groups excluding carboxylic acids is 1. The van der Waals surface area contributed by atoms with Gasteiger partial charge >= 0.3 is 6.03 Å². The summed E-state index contributed by atoms with van der Waals surface area (Å²) in [5.74, 6) is 0.714. The summed E-state index contributed by atoms with van der Waals surface area (Å²) in [6.07, 6.45) is 8.81. The number of benzene rings is 1. The van der Waals surface area contributed by atoms with Crippen LogP contribution in [0, 0.1) is 0 Å². The van der Waals surface area contributed by atoms with Crippen molar-refractivity contribution in [1.82, 2.24) is 20.3 Å². The number of rotatable bonds is 8. The predicted octanol–water partition coefficient (Wildman–Crippen LogP) is 4.81. The fourth-order valence-electron chi connectivity index (χ4n) is 3.25. The lowest BCUT2D eigenvalue weighted by Gasteiger charge is -2.18. The molecule has 156 valence electrons. The van der Waals surface area contributed by atoms with Crippen molar-refractivity contribution < 1.29 is 4.79 Å². The van der Waals surface area contributed by atoms with E-state index in [9.17, 15) is 4.79 Å². The smallest absolute Gasteiger partial charge is 0.319 e. The van der Waals surface area contributed by atoms with E-state index in [2.05, 4.69) is 45.8 Å². The molecular formula is C23H28N6O. The molecule has 2 heterocycles. The fraction of sp³-hybridized carbons (Fsp3) is 0.304. The lowest BCUT2D eigenvalue weighted by molar-refractivity contribution is 0.252. The van der Waals surface area contributed by atoms with Crippen molar-refractivity contribution in [3.8, 4) is 11.3 Å². The number of pyridine rings is 1. The van der Waals surface area contributed by atoms with Crippen LogP contribution in [0.3, 0.4) is 0 Å². The van der Waals surface area contributed by atoms with Crippen LogP contribution in [0.15, 0.2) is 55.1 Å². The fourth-order valence-corrected chi connectivity index (χ4v) is 3.25. The van der Waals surface area contributed by atoms with Crippen molar-refractivity contribution in [2.75, 3.05) is 17.2 Å². The van der Waals surface area contributed by atoms with Gasteiger partial charge in [-0.15, -0.1) is 0 Å². The number of carbonyl (C=O) groups is 1. The Morgan fingerprint density at radius 2 is 1.93 bits per heavy atom. The molecule has 0 aliphatic rings. The van der Waals surface area contributed by atoms with E-state index < -0.39 is 0 Å². The van der Waals surface area contributed by atoms with Gasteiger partial charge in [-0.2, -0.15) is 0 Å². The van der Waals surface area contributed by atoms with Crippen LogP contribution in [-0.2, 0) is 6.42 Å². The zero-order valence-electron chi connectivity index (χ0n) is 17.6. The highest BCUT2D eigenvalue weighted by Gasteiger charge is 2.12. The van der Waals surface area contributed by atoms with Crippen molar-refractivity contribution in [2.24, 2.45) is 0 Å². The van der Waals surface area contributed by atoms with Crippen LogP contribution < -0.4 is 16.0 Å². The summed E-state index contributed by atoms with van der Waals surface area (Å²) in [5.41, 5.74) is 4.69. The third kappa shape index (κ3) is 5.31. The molecule has 3 rings (SSSR count). The summed E-state index contributed by atoms with van der Waals surface area (Å²) in [6, 6.07) is 9.81. The molecule has 0 aliphatic carbocycles. The second-order valence-electron chi connectivity index (χ2n) is 6.89. The minimum Gasteiger partial charge on any atom is -0.362 e. The first-order valence-electron chi connectivity index (χ1n) is 10.3. The second-order valence-corrected chi connectivity index (χ2v) is 6.89. The predicted molar refractivity (Wildman–Crippen MR) is 120 cm³/mol. The molecule has 0 aliphatic heterocycles. The molecule has 0 bridgehead atoms. The number of anilines is 2. The summed E-state index contributed by atoms with van der Waals surface area (Å²) < 4.78 is 0. The first-order valence-corrected chi connectivity index (χ1v) is 10.3. The SMILES string of the molecule is CCNC(=O)Nc1ccc(-c2cncc(NC(CC)c3cccnc3)n2)cc1CC. The van der Waals surface area contributed by atoms with E-state index in [0.29, 0.717) is 12.4 Å². The van der Waals surface area contributed by atoms with Crippen molar-refractivity contribution in [2.45, 2.75) is 39.7 Å². The molecule has 7 heteroatoms.